The van der Waals surface area contributed by atoms with Gasteiger partial charge in [0.15, 0.2) is 0 Å². The van der Waals surface area contributed by atoms with Crippen molar-refractivity contribution in [3.05, 3.63) is 0 Å². The lowest BCUT2D eigenvalue weighted by atomic mass is 10.0. The van der Waals surface area contributed by atoms with Crippen LogP contribution in [0.25, 0.3) is 0 Å². The minimum absolute atomic E-state index is 0.0229. The first-order valence-electron chi connectivity index (χ1n) is 4.36. The summed E-state index contributed by atoms with van der Waals surface area (Å²) >= 11 is 0. The van der Waals surface area contributed by atoms with E-state index in [-0.39, 0.29) is 11.8 Å². The van der Waals surface area contributed by atoms with Gasteiger partial charge in [-0.1, -0.05) is 0 Å². The van der Waals surface area contributed by atoms with Crippen molar-refractivity contribution in [2.75, 3.05) is 19.8 Å². The first-order valence-corrected chi connectivity index (χ1v) is 4.36. The Morgan fingerprint density at radius 1 is 1.58 bits per heavy atom. The lowest BCUT2D eigenvalue weighted by Gasteiger charge is -2.20. The van der Waals surface area contributed by atoms with Crippen LogP contribution in [0.4, 0.5) is 0 Å². The van der Waals surface area contributed by atoms with Gasteiger partial charge >= 0.3 is 0 Å². The third kappa shape index (κ3) is 2.79. The van der Waals surface area contributed by atoms with Crippen LogP contribution >= 0.6 is 0 Å². The molecule has 1 rings (SSSR count). The summed E-state index contributed by atoms with van der Waals surface area (Å²) in [5.74, 6) is 0.0613. The van der Waals surface area contributed by atoms with Crippen LogP contribution in [0, 0.1) is 5.92 Å². The van der Waals surface area contributed by atoms with Gasteiger partial charge in [-0.25, -0.2) is 9.78 Å². The molecule has 70 valence electrons. The van der Waals surface area contributed by atoms with Gasteiger partial charge in [-0.3, -0.25) is 4.79 Å². The zero-order valence-corrected chi connectivity index (χ0v) is 7.34. The van der Waals surface area contributed by atoms with Crippen LogP contribution in [0.5, 0.6) is 0 Å². The van der Waals surface area contributed by atoms with Gasteiger partial charge in [0, 0.05) is 6.54 Å². The normalized spacial score (nSPS) is 23.8. The van der Waals surface area contributed by atoms with Gasteiger partial charge in [0.2, 0.25) is 5.91 Å². The smallest absolute Gasteiger partial charge is 0.225 e. The van der Waals surface area contributed by atoms with Gasteiger partial charge in [0.1, 0.15) is 0 Å². The molecule has 0 radical (unpaired) electrons. The maximum Gasteiger partial charge on any atom is 0.225 e. The highest BCUT2D eigenvalue weighted by Gasteiger charge is 2.22. The van der Waals surface area contributed by atoms with Gasteiger partial charge in [-0.05, 0) is 19.8 Å². The summed E-state index contributed by atoms with van der Waals surface area (Å²) < 4.78 is 0. The summed E-state index contributed by atoms with van der Waals surface area (Å²) in [6, 6.07) is 0. The second kappa shape index (κ2) is 5.11. The lowest BCUT2D eigenvalue weighted by Crippen LogP contribution is -2.38. The molecule has 1 fully saturated rings. The fraction of sp³-hybridized carbons (Fsp3) is 0.875. The highest BCUT2D eigenvalue weighted by atomic mass is 17.2. The Hall–Kier alpha value is -0.610. The Labute approximate surface area is 72.2 Å². The first-order chi connectivity index (χ1) is 5.84. The average molecular weight is 173 g/mol. The quantitative estimate of drug-likeness (QED) is 0.382. The van der Waals surface area contributed by atoms with Crippen LogP contribution in [0.2, 0.25) is 0 Å². The minimum Gasteiger partial charge on any atom is -0.356 e. The van der Waals surface area contributed by atoms with E-state index >= 15 is 0 Å². The summed E-state index contributed by atoms with van der Waals surface area (Å²) in [6.07, 6.45) is 1.94. The molecule has 4 nitrogen and oxygen atoms in total. The Balaban J connectivity index is 2.16. The zero-order chi connectivity index (χ0) is 8.81. The molecule has 0 bridgehead atoms. The molecule has 0 aromatic carbocycles. The summed E-state index contributed by atoms with van der Waals surface area (Å²) in [7, 11) is 0. The standard InChI is InChI=1S/C8H15NO3/c1-2-11-12-6-7-4-3-5-9-8(7)10/h7H,2-6H2,1H3,(H,9,10). The number of amides is 1. The van der Waals surface area contributed by atoms with E-state index in [9.17, 15) is 4.79 Å². The fourth-order valence-corrected chi connectivity index (χ4v) is 1.21. The molecule has 1 saturated heterocycles. The molecule has 1 aliphatic heterocycles. The van der Waals surface area contributed by atoms with Crippen molar-refractivity contribution in [3.8, 4) is 0 Å². The van der Waals surface area contributed by atoms with Gasteiger partial charge in [0.05, 0.1) is 19.1 Å². The molecule has 0 spiro atoms. The monoisotopic (exact) mass is 173 g/mol. The third-order valence-corrected chi connectivity index (χ3v) is 1.87. The van der Waals surface area contributed by atoms with E-state index in [4.69, 9.17) is 9.78 Å². The Morgan fingerprint density at radius 2 is 2.42 bits per heavy atom. The van der Waals surface area contributed by atoms with Crippen LogP contribution < -0.4 is 5.32 Å². The van der Waals surface area contributed by atoms with Crippen molar-refractivity contribution in [3.63, 3.8) is 0 Å². The predicted molar refractivity (Wildman–Crippen MR) is 43.3 cm³/mol. The summed E-state index contributed by atoms with van der Waals surface area (Å²) in [6.45, 7) is 3.54. The van der Waals surface area contributed by atoms with Gasteiger partial charge in [-0.15, -0.1) is 0 Å². The largest absolute Gasteiger partial charge is 0.356 e. The predicted octanol–water partition coefficient (Wildman–Crippen LogP) is 0.481. The molecule has 1 N–H and O–H groups in total. The topological polar surface area (TPSA) is 47.6 Å². The number of carbonyl (C=O) groups is 1. The highest BCUT2D eigenvalue weighted by molar-refractivity contribution is 5.79. The molecular formula is C8H15NO3. The molecular weight excluding hydrogens is 158 g/mol. The molecule has 12 heavy (non-hydrogen) atoms. The van der Waals surface area contributed by atoms with E-state index < -0.39 is 0 Å². The van der Waals surface area contributed by atoms with Crippen LogP contribution in [0.3, 0.4) is 0 Å². The molecule has 1 aliphatic rings. The maximum absolute atomic E-state index is 11.1. The van der Waals surface area contributed by atoms with E-state index in [2.05, 4.69) is 5.32 Å². The zero-order valence-electron chi connectivity index (χ0n) is 7.34. The maximum atomic E-state index is 11.1. The van der Waals surface area contributed by atoms with Crippen molar-refractivity contribution in [2.24, 2.45) is 5.92 Å². The van der Waals surface area contributed by atoms with E-state index in [1.807, 2.05) is 6.92 Å². The van der Waals surface area contributed by atoms with Crippen molar-refractivity contribution in [1.82, 2.24) is 5.32 Å². The molecule has 0 aromatic rings. The Kier molecular flexibility index (Phi) is 4.04. The summed E-state index contributed by atoms with van der Waals surface area (Å²) in [4.78, 5) is 20.7. The molecule has 1 amide bonds. The van der Waals surface area contributed by atoms with E-state index in [0.717, 1.165) is 19.4 Å². The number of nitrogens with one attached hydrogen (secondary N) is 1. The van der Waals surface area contributed by atoms with E-state index in [1.54, 1.807) is 0 Å². The molecule has 0 aromatic heterocycles. The lowest BCUT2D eigenvalue weighted by molar-refractivity contribution is -0.297. The number of hydrogen-bond acceptors (Lipinski definition) is 3. The SMILES string of the molecule is CCOOCC1CCCNC1=O. The van der Waals surface area contributed by atoms with Crippen LogP contribution in [-0.2, 0) is 14.6 Å². The highest BCUT2D eigenvalue weighted by Crippen LogP contribution is 2.11. The van der Waals surface area contributed by atoms with E-state index in [0.29, 0.717) is 13.2 Å². The summed E-state index contributed by atoms with van der Waals surface area (Å²) in [5.41, 5.74) is 0. The van der Waals surface area contributed by atoms with Crippen LogP contribution in [0.15, 0.2) is 0 Å². The van der Waals surface area contributed by atoms with Crippen molar-refractivity contribution in [1.29, 1.82) is 0 Å². The van der Waals surface area contributed by atoms with Crippen LogP contribution in [-0.4, -0.2) is 25.7 Å². The summed E-state index contributed by atoms with van der Waals surface area (Å²) in [5, 5.41) is 2.78. The molecule has 0 aliphatic carbocycles. The second-order valence-corrected chi connectivity index (χ2v) is 2.82. The van der Waals surface area contributed by atoms with Crippen molar-refractivity contribution in [2.45, 2.75) is 19.8 Å². The minimum atomic E-state index is -0.0229. The molecule has 4 heteroatoms. The second-order valence-electron chi connectivity index (χ2n) is 2.82. The van der Waals surface area contributed by atoms with E-state index in [1.165, 1.54) is 0 Å². The number of hydrogen-bond donors (Lipinski definition) is 1. The van der Waals surface area contributed by atoms with Gasteiger partial charge in [0.25, 0.3) is 0 Å². The fourth-order valence-electron chi connectivity index (χ4n) is 1.21. The first kappa shape index (κ1) is 9.48. The van der Waals surface area contributed by atoms with Crippen molar-refractivity contribution >= 4 is 5.91 Å². The van der Waals surface area contributed by atoms with Gasteiger partial charge in [-0.2, -0.15) is 0 Å². The molecule has 0 saturated carbocycles. The molecule has 1 atom stereocenters. The number of piperidine rings is 1. The van der Waals surface area contributed by atoms with Crippen molar-refractivity contribution < 1.29 is 14.6 Å². The Bertz CT molecular complexity index is 149. The Morgan fingerprint density at radius 3 is 3.08 bits per heavy atom. The molecule has 1 heterocycles. The number of rotatable bonds is 4. The third-order valence-electron chi connectivity index (χ3n) is 1.87. The average Bonchev–Trinajstić information content (AvgIpc) is 2.09. The number of carbonyl (C=O) groups excluding carboxylic acids is 1. The van der Waals surface area contributed by atoms with Crippen LogP contribution in [0.1, 0.15) is 19.8 Å². The molecule has 1 unspecified atom stereocenters. The van der Waals surface area contributed by atoms with Gasteiger partial charge < -0.3 is 5.32 Å².